The van der Waals surface area contributed by atoms with E-state index in [4.69, 9.17) is 0 Å². The third-order valence-corrected chi connectivity index (χ3v) is 3.72. The standard InChI is InChI=1S/C16H22O/c1-11-9-14(11)15(17)10-12-5-7-13(8-6-12)16(2,3)4/h5-8,11,14H,9-10H2,1-4H3. The molecular formula is C16H22O. The van der Waals surface area contributed by atoms with Gasteiger partial charge in [-0.15, -0.1) is 0 Å². The van der Waals surface area contributed by atoms with Crippen molar-refractivity contribution < 1.29 is 4.79 Å². The zero-order valence-corrected chi connectivity index (χ0v) is 11.3. The number of rotatable bonds is 3. The lowest BCUT2D eigenvalue weighted by molar-refractivity contribution is -0.119. The van der Waals surface area contributed by atoms with Gasteiger partial charge in [0.2, 0.25) is 0 Å². The molecule has 0 amide bonds. The third kappa shape index (κ3) is 2.96. The van der Waals surface area contributed by atoms with E-state index in [-0.39, 0.29) is 5.41 Å². The molecule has 1 heteroatoms. The van der Waals surface area contributed by atoms with E-state index >= 15 is 0 Å². The molecule has 17 heavy (non-hydrogen) atoms. The lowest BCUT2D eigenvalue weighted by atomic mass is 9.86. The molecule has 0 N–H and O–H groups in total. The predicted molar refractivity (Wildman–Crippen MR) is 71.1 cm³/mol. The van der Waals surface area contributed by atoms with E-state index in [1.165, 1.54) is 5.56 Å². The zero-order chi connectivity index (χ0) is 12.6. The molecule has 0 heterocycles. The lowest BCUT2D eigenvalue weighted by Crippen LogP contribution is -2.11. The topological polar surface area (TPSA) is 17.1 Å². The summed E-state index contributed by atoms with van der Waals surface area (Å²) in [4.78, 5) is 11.9. The van der Waals surface area contributed by atoms with Gasteiger partial charge in [-0.1, -0.05) is 52.0 Å². The first-order chi connectivity index (χ1) is 7.88. The lowest BCUT2D eigenvalue weighted by Gasteiger charge is -2.19. The van der Waals surface area contributed by atoms with Crippen molar-refractivity contribution in [3.8, 4) is 0 Å². The molecule has 1 aliphatic rings. The number of hydrogen-bond acceptors (Lipinski definition) is 1. The van der Waals surface area contributed by atoms with Crippen LogP contribution in [0.2, 0.25) is 0 Å². The molecule has 1 nitrogen and oxygen atoms in total. The quantitative estimate of drug-likeness (QED) is 0.773. The Bertz CT molecular complexity index is 408. The number of carbonyl (C=O) groups is 1. The van der Waals surface area contributed by atoms with Crippen molar-refractivity contribution in [2.45, 2.75) is 46.0 Å². The fraction of sp³-hybridized carbons (Fsp3) is 0.562. The van der Waals surface area contributed by atoms with Crippen LogP contribution >= 0.6 is 0 Å². The molecule has 1 fully saturated rings. The maximum Gasteiger partial charge on any atom is 0.140 e. The summed E-state index contributed by atoms with van der Waals surface area (Å²) in [7, 11) is 0. The largest absolute Gasteiger partial charge is 0.299 e. The SMILES string of the molecule is CC1CC1C(=O)Cc1ccc(C(C)(C)C)cc1. The highest BCUT2D eigenvalue weighted by molar-refractivity contribution is 5.85. The molecule has 0 radical (unpaired) electrons. The summed E-state index contributed by atoms with van der Waals surface area (Å²) in [5, 5.41) is 0. The highest BCUT2D eigenvalue weighted by Crippen LogP contribution is 2.39. The molecule has 0 aliphatic heterocycles. The number of ketones is 1. The van der Waals surface area contributed by atoms with Crippen molar-refractivity contribution in [3.05, 3.63) is 35.4 Å². The second-order valence-corrected chi connectivity index (χ2v) is 6.41. The Morgan fingerprint density at radius 3 is 2.18 bits per heavy atom. The minimum Gasteiger partial charge on any atom is -0.299 e. The van der Waals surface area contributed by atoms with Crippen LogP contribution in [0.1, 0.15) is 45.2 Å². The Morgan fingerprint density at radius 2 is 1.76 bits per heavy atom. The van der Waals surface area contributed by atoms with E-state index in [0.717, 1.165) is 12.0 Å². The smallest absolute Gasteiger partial charge is 0.140 e. The predicted octanol–water partition coefficient (Wildman–Crippen LogP) is 3.75. The van der Waals surface area contributed by atoms with Crippen LogP contribution < -0.4 is 0 Å². The highest BCUT2D eigenvalue weighted by atomic mass is 16.1. The summed E-state index contributed by atoms with van der Waals surface area (Å²) in [6, 6.07) is 8.51. The summed E-state index contributed by atoms with van der Waals surface area (Å²) in [6.07, 6.45) is 1.71. The van der Waals surface area contributed by atoms with E-state index in [0.29, 0.717) is 24.0 Å². The van der Waals surface area contributed by atoms with Gasteiger partial charge >= 0.3 is 0 Å². The van der Waals surface area contributed by atoms with Crippen molar-refractivity contribution >= 4 is 5.78 Å². The van der Waals surface area contributed by atoms with Crippen molar-refractivity contribution in [3.63, 3.8) is 0 Å². The van der Waals surface area contributed by atoms with Crippen LogP contribution in [0.4, 0.5) is 0 Å². The van der Waals surface area contributed by atoms with E-state index in [1.807, 2.05) is 0 Å². The first kappa shape index (κ1) is 12.3. The average molecular weight is 230 g/mol. The van der Waals surface area contributed by atoms with Crippen molar-refractivity contribution in [1.29, 1.82) is 0 Å². The van der Waals surface area contributed by atoms with Gasteiger partial charge in [0.1, 0.15) is 5.78 Å². The Kier molecular flexibility index (Phi) is 3.11. The van der Waals surface area contributed by atoms with Crippen LogP contribution in [-0.4, -0.2) is 5.78 Å². The van der Waals surface area contributed by atoms with Crippen LogP contribution in [0, 0.1) is 11.8 Å². The summed E-state index contributed by atoms with van der Waals surface area (Å²) >= 11 is 0. The molecule has 1 aliphatic carbocycles. The van der Waals surface area contributed by atoms with E-state index in [2.05, 4.69) is 52.0 Å². The van der Waals surface area contributed by atoms with E-state index in [9.17, 15) is 4.79 Å². The molecule has 0 aromatic heterocycles. The van der Waals surface area contributed by atoms with Crippen molar-refractivity contribution in [2.24, 2.45) is 11.8 Å². The third-order valence-electron chi connectivity index (χ3n) is 3.72. The van der Waals surface area contributed by atoms with Gasteiger partial charge in [-0.05, 0) is 28.9 Å². The number of Topliss-reactive ketones (excluding diaryl/α,β-unsaturated/α-hetero) is 1. The van der Waals surface area contributed by atoms with Gasteiger partial charge in [-0.2, -0.15) is 0 Å². The normalized spacial score (nSPS) is 23.5. The Hall–Kier alpha value is -1.11. The highest BCUT2D eigenvalue weighted by Gasteiger charge is 2.38. The van der Waals surface area contributed by atoms with Gasteiger partial charge in [-0.25, -0.2) is 0 Å². The number of hydrogen-bond donors (Lipinski definition) is 0. The van der Waals surface area contributed by atoms with Crippen molar-refractivity contribution in [1.82, 2.24) is 0 Å². The van der Waals surface area contributed by atoms with Crippen LogP contribution in [0.15, 0.2) is 24.3 Å². The van der Waals surface area contributed by atoms with E-state index in [1.54, 1.807) is 0 Å². The minimum atomic E-state index is 0.188. The van der Waals surface area contributed by atoms with Gasteiger partial charge in [0.25, 0.3) is 0 Å². The van der Waals surface area contributed by atoms with Crippen LogP contribution in [0.25, 0.3) is 0 Å². The number of carbonyl (C=O) groups excluding carboxylic acids is 1. The van der Waals surface area contributed by atoms with Crippen LogP contribution in [0.3, 0.4) is 0 Å². The second kappa shape index (κ2) is 4.29. The molecule has 2 rings (SSSR count). The number of benzene rings is 1. The van der Waals surface area contributed by atoms with Gasteiger partial charge in [0.05, 0.1) is 0 Å². The monoisotopic (exact) mass is 230 g/mol. The first-order valence-electron chi connectivity index (χ1n) is 6.50. The van der Waals surface area contributed by atoms with Crippen molar-refractivity contribution in [2.75, 3.05) is 0 Å². The molecular weight excluding hydrogens is 208 g/mol. The minimum absolute atomic E-state index is 0.188. The fourth-order valence-corrected chi connectivity index (χ4v) is 2.23. The summed E-state index contributed by atoms with van der Waals surface area (Å²) < 4.78 is 0. The molecule has 2 unspecified atom stereocenters. The van der Waals surface area contributed by atoms with Gasteiger partial charge in [0.15, 0.2) is 0 Å². The van der Waals surface area contributed by atoms with Crippen LogP contribution in [0.5, 0.6) is 0 Å². The maximum absolute atomic E-state index is 11.9. The Balaban J connectivity index is 2.01. The second-order valence-electron chi connectivity index (χ2n) is 6.41. The molecule has 1 aromatic carbocycles. The summed E-state index contributed by atoms with van der Waals surface area (Å²) in [5.41, 5.74) is 2.67. The summed E-state index contributed by atoms with van der Waals surface area (Å²) in [6.45, 7) is 8.78. The maximum atomic E-state index is 11.9. The van der Waals surface area contributed by atoms with Crippen LogP contribution in [-0.2, 0) is 16.6 Å². The van der Waals surface area contributed by atoms with Gasteiger partial charge in [0, 0.05) is 12.3 Å². The molecule has 1 aromatic rings. The summed E-state index contributed by atoms with van der Waals surface area (Å²) in [5.74, 6) is 1.38. The van der Waals surface area contributed by atoms with E-state index < -0.39 is 0 Å². The molecule has 1 saturated carbocycles. The Labute approximate surface area is 104 Å². The van der Waals surface area contributed by atoms with Gasteiger partial charge in [-0.3, -0.25) is 4.79 Å². The first-order valence-corrected chi connectivity index (χ1v) is 6.50. The molecule has 0 spiro atoms. The average Bonchev–Trinajstić information content (AvgIpc) is 2.95. The molecule has 0 bridgehead atoms. The Morgan fingerprint density at radius 1 is 1.24 bits per heavy atom. The fourth-order valence-electron chi connectivity index (χ4n) is 2.23. The molecule has 2 atom stereocenters. The zero-order valence-electron chi connectivity index (χ0n) is 11.3. The molecule has 92 valence electrons. The molecule has 0 saturated heterocycles. The van der Waals surface area contributed by atoms with Gasteiger partial charge < -0.3 is 0 Å².